The number of hydrogen-bond donors (Lipinski definition) is 2. The van der Waals surface area contributed by atoms with Crippen LogP contribution in [0, 0.1) is 0 Å². The third kappa shape index (κ3) is 1.83. The lowest BCUT2D eigenvalue weighted by Crippen LogP contribution is -2.16. The van der Waals surface area contributed by atoms with Gasteiger partial charge in [0, 0.05) is 25.3 Å². The Morgan fingerprint density at radius 3 is 3.08 bits per heavy atom. The van der Waals surface area contributed by atoms with Crippen molar-refractivity contribution in [3.8, 4) is 0 Å². The van der Waals surface area contributed by atoms with Crippen LogP contribution in [0.5, 0.6) is 0 Å². The van der Waals surface area contributed by atoms with Gasteiger partial charge in [0.05, 0.1) is 0 Å². The zero-order valence-electron chi connectivity index (χ0n) is 8.06. The van der Waals surface area contributed by atoms with Crippen molar-refractivity contribution in [2.24, 2.45) is 0 Å². The van der Waals surface area contributed by atoms with Gasteiger partial charge in [-0.15, -0.1) is 0 Å². The Morgan fingerprint density at radius 2 is 2.23 bits per heavy atom. The molecule has 0 aliphatic carbocycles. The molecule has 2 rings (SSSR count). The fourth-order valence-corrected chi connectivity index (χ4v) is 1.69. The van der Waals surface area contributed by atoms with E-state index in [0.29, 0.717) is 0 Å². The van der Waals surface area contributed by atoms with Crippen molar-refractivity contribution in [1.29, 1.82) is 0 Å². The summed E-state index contributed by atoms with van der Waals surface area (Å²) >= 11 is 0. The number of rotatable bonds is 1. The van der Waals surface area contributed by atoms with Crippen LogP contribution in [0.3, 0.4) is 0 Å². The Bertz CT molecular complexity index is 294. The largest absolute Gasteiger partial charge is 0.384 e. The quantitative estimate of drug-likeness (QED) is 0.681. The summed E-state index contributed by atoms with van der Waals surface area (Å²) < 4.78 is 0. The van der Waals surface area contributed by atoms with Crippen LogP contribution in [-0.2, 0) is 13.0 Å². The summed E-state index contributed by atoms with van der Waals surface area (Å²) in [6.07, 6.45) is 1.12. The van der Waals surface area contributed by atoms with Gasteiger partial charge in [0.1, 0.15) is 0 Å². The lowest BCUT2D eigenvalue weighted by atomic mass is 10.1. The summed E-state index contributed by atoms with van der Waals surface area (Å²) in [5.41, 5.74) is 4.11. The van der Waals surface area contributed by atoms with Crippen molar-refractivity contribution >= 4 is 5.69 Å². The first kappa shape index (κ1) is 8.57. The minimum Gasteiger partial charge on any atom is -0.384 e. The molecule has 0 aromatic heterocycles. The molecule has 0 amide bonds. The Hall–Kier alpha value is -1.02. The van der Waals surface area contributed by atoms with Crippen LogP contribution >= 0.6 is 0 Å². The maximum atomic E-state index is 3.41. The van der Waals surface area contributed by atoms with Gasteiger partial charge >= 0.3 is 0 Å². The molecule has 1 aliphatic heterocycles. The van der Waals surface area contributed by atoms with Gasteiger partial charge in [-0.3, -0.25) is 0 Å². The van der Waals surface area contributed by atoms with Gasteiger partial charge in [-0.1, -0.05) is 19.1 Å². The van der Waals surface area contributed by atoms with Crippen molar-refractivity contribution in [3.05, 3.63) is 29.3 Å². The molecule has 0 fully saturated rings. The molecular formula is C11H16N2. The molecule has 2 heteroatoms. The first-order chi connectivity index (χ1) is 6.40. The molecule has 0 spiro atoms. The molecule has 0 saturated heterocycles. The zero-order chi connectivity index (χ0) is 9.10. The molecule has 1 aromatic rings. The molecule has 1 aromatic carbocycles. The first-order valence-corrected chi connectivity index (χ1v) is 4.96. The Morgan fingerprint density at radius 1 is 1.31 bits per heavy atom. The van der Waals surface area contributed by atoms with E-state index in [1.807, 2.05) is 0 Å². The predicted octanol–water partition coefficient (Wildman–Crippen LogP) is 1.76. The summed E-state index contributed by atoms with van der Waals surface area (Å²) in [5, 5.41) is 6.81. The first-order valence-electron chi connectivity index (χ1n) is 4.96. The maximum absolute atomic E-state index is 3.41. The third-order valence-corrected chi connectivity index (χ3v) is 2.51. The number of aryl methyl sites for hydroxylation is 1. The van der Waals surface area contributed by atoms with E-state index in [2.05, 4.69) is 35.8 Å². The molecule has 0 saturated carbocycles. The molecule has 2 N–H and O–H groups in total. The van der Waals surface area contributed by atoms with Crippen LogP contribution in [0.2, 0.25) is 0 Å². The SMILES string of the molecule is CCc1ccc2c(c1)CNCCN2. The van der Waals surface area contributed by atoms with E-state index in [-0.39, 0.29) is 0 Å². The Balaban J connectivity index is 2.32. The van der Waals surface area contributed by atoms with Gasteiger partial charge in [0.15, 0.2) is 0 Å². The highest BCUT2D eigenvalue weighted by molar-refractivity contribution is 5.53. The lowest BCUT2D eigenvalue weighted by molar-refractivity contribution is 0.724. The third-order valence-electron chi connectivity index (χ3n) is 2.51. The minimum absolute atomic E-state index is 0.996. The molecule has 0 bridgehead atoms. The summed E-state index contributed by atoms with van der Waals surface area (Å²) in [4.78, 5) is 0. The normalized spacial score (nSPS) is 15.8. The second-order valence-electron chi connectivity index (χ2n) is 3.45. The number of benzene rings is 1. The second kappa shape index (κ2) is 3.79. The molecule has 1 aliphatic rings. The van der Waals surface area contributed by atoms with Crippen LogP contribution in [0.4, 0.5) is 5.69 Å². The number of nitrogens with one attached hydrogen (secondary N) is 2. The molecule has 1 heterocycles. The van der Waals surface area contributed by atoms with Crippen molar-refractivity contribution in [2.75, 3.05) is 18.4 Å². The van der Waals surface area contributed by atoms with Crippen LogP contribution in [0.1, 0.15) is 18.1 Å². The van der Waals surface area contributed by atoms with E-state index in [9.17, 15) is 0 Å². The standard InChI is InChI=1S/C11H16N2/c1-2-9-3-4-11-10(7-9)8-12-5-6-13-11/h3-4,7,12-13H,2,5-6,8H2,1H3. The fraction of sp³-hybridized carbons (Fsp3) is 0.455. The summed E-state index contributed by atoms with van der Waals surface area (Å²) in [6.45, 7) is 5.27. The Labute approximate surface area is 79.4 Å². The summed E-state index contributed by atoms with van der Waals surface area (Å²) in [7, 11) is 0. The summed E-state index contributed by atoms with van der Waals surface area (Å²) in [5.74, 6) is 0. The van der Waals surface area contributed by atoms with Gasteiger partial charge in [0.25, 0.3) is 0 Å². The highest BCUT2D eigenvalue weighted by Gasteiger charge is 2.05. The monoisotopic (exact) mass is 176 g/mol. The molecule has 13 heavy (non-hydrogen) atoms. The van der Waals surface area contributed by atoms with Gasteiger partial charge in [-0.2, -0.15) is 0 Å². The number of hydrogen-bond acceptors (Lipinski definition) is 2. The van der Waals surface area contributed by atoms with Crippen molar-refractivity contribution < 1.29 is 0 Å². The van der Waals surface area contributed by atoms with Crippen LogP contribution in [0.15, 0.2) is 18.2 Å². The van der Waals surface area contributed by atoms with E-state index in [4.69, 9.17) is 0 Å². The smallest absolute Gasteiger partial charge is 0.0386 e. The van der Waals surface area contributed by atoms with Crippen molar-refractivity contribution in [3.63, 3.8) is 0 Å². The van der Waals surface area contributed by atoms with Gasteiger partial charge in [-0.25, -0.2) is 0 Å². The van der Waals surface area contributed by atoms with E-state index in [1.165, 1.54) is 16.8 Å². The van der Waals surface area contributed by atoms with Crippen molar-refractivity contribution in [1.82, 2.24) is 5.32 Å². The fourth-order valence-electron chi connectivity index (χ4n) is 1.69. The number of anilines is 1. The maximum Gasteiger partial charge on any atom is 0.0386 e. The number of fused-ring (bicyclic) bond motifs is 1. The topological polar surface area (TPSA) is 24.1 Å². The van der Waals surface area contributed by atoms with E-state index < -0.39 is 0 Å². The average Bonchev–Trinajstić information content (AvgIpc) is 2.41. The molecule has 0 unspecified atom stereocenters. The van der Waals surface area contributed by atoms with Gasteiger partial charge in [-0.05, 0) is 23.6 Å². The van der Waals surface area contributed by atoms with E-state index in [0.717, 1.165) is 26.1 Å². The molecule has 70 valence electrons. The molecule has 0 radical (unpaired) electrons. The van der Waals surface area contributed by atoms with Gasteiger partial charge < -0.3 is 10.6 Å². The second-order valence-corrected chi connectivity index (χ2v) is 3.45. The Kier molecular flexibility index (Phi) is 2.50. The van der Waals surface area contributed by atoms with Crippen LogP contribution < -0.4 is 10.6 Å². The van der Waals surface area contributed by atoms with Crippen molar-refractivity contribution in [2.45, 2.75) is 19.9 Å². The molecular weight excluding hydrogens is 160 g/mol. The van der Waals surface area contributed by atoms with E-state index in [1.54, 1.807) is 0 Å². The average molecular weight is 176 g/mol. The van der Waals surface area contributed by atoms with Gasteiger partial charge in [0.2, 0.25) is 0 Å². The highest BCUT2D eigenvalue weighted by Crippen LogP contribution is 2.18. The lowest BCUT2D eigenvalue weighted by Gasteiger charge is -2.08. The van der Waals surface area contributed by atoms with E-state index >= 15 is 0 Å². The zero-order valence-corrected chi connectivity index (χ0v) is 8.06. The molecule has 2 nitrogen and oxygen atoms in total. The van der Waals surface area contributed by atoms with Crippen LogP contribution in [0.25, 0.3) is 0 Å². The highest BCUT2D eigenvalue weighted by atomic mass is 15.0. The minimum atomic E-state index is 0.996. The van der Waals surface area contributed by atoms with Crippen LogP contribution in [-0.4, -0.2) is 13.1 Å². The molecule has 0 atom stereocenters. The predicted molar refractivity (Wildman–Crippen MR) is 56.0 cm³/mol. The summed E-state index contributed by atoms with van der Waals surface area (Å²) in [6, 6.07) is 6.69.